The lowest BCUT2D eigenvalue weighted by atomic mass is 10.1. The molecule has 2 heterocycles. The Hall–Kier alpha value is -1.85. The van der Waals surface area contributed by atoms with Crippen LogP contribution < -0.4 is 10.6 Å². The van der Waals surface area contributed by atoms with E-state index in [1.807, 2.05) is 11.5 Å². The lowest BCUT2D eigenvalue weighted by Gasteiger charge is -2.17. The first-order valence-electron chi connectivity index (χ1n) is 8.89. The highest BCUT2D eigenvalue weighted by Crippen LogP contribution is 2.23. The lowest BCUT2D eigenvalue weighted by molar-refractivity contribution is 0.0931. The number of hydrogen-bond donors (Lipinski definition) is 2. The molecule has 3 rings (SSSR count). The summed E-state index contributed by atoms with van der Waals surface area (Å²) in [6, 6.07) is 0.265. The Morgan fingerprint density at radius 2 is 1.96 bits per heavy atom. The molecule has 1 fully saturated rings. The molecule has 0 saturated heterocycles. The van der Waals surface area contributed by atoms with Crippen molar-refractivity contribution < 1.29 is 9.59 Å². The Kier molecular flexibility index (Phi) is 4.98. The van der Waals surface area contributed by atoms with E-state index in [1.54, 1.807) is 0 Å². The Labute approximate surface area is 137 Å². The van der Waals surface area contributed by atoms with Crippen LogP contribution >= 0.6 is 0 Å². The van der Waals surface area contributed by atoms with Gasteiger partial charge in [-0.05, 0) is 38.5 Å². The van der Waals surface area contributed by atoms with Crippen LogP contribution in [-0.4, -0.2) is 34.0 Å². The molecule has 0 spiro atoms. The van der Waals surface area contributed by atoms with E-state index in [0.717, 1.165) is 50.8 Å². The van der Waals surface area contributed by atoms with Gasteiger partial charge in [-0.1, -0.05) is 19.8 Å². The molecule has 1 aliphatic carbocycles. The summed E-state index contributed by atoms with van der Waals surface area (Å²) in [6.07, 6.45) is 8.23. The fraction of sp³-hybridized carbons (Fsp3) is 0.706. The molecular weight excluding hydrogens is 292 g/mol. The number of nitrogens with zero attached hydrogens (tertiary/aromatic N) is 2. The van der Waals surface area contributed by atoms with Gasteiger partial charge in [0.25, 0.3) is 11.8 Å². The van der Waals surface area contributed by atoms with Gasteiger partial charge in [-0.2, -0.15) is 0 Å². The average Bonchev–Trinajstić information content (AvgIpc) is 3.20. The van der Waals surface area contributed by atoms with Crippen LogP contribution in [0.2, 0.25) is 0 Å². The van der Waals surface area contributed by atoms with E-state index < -0.39 is 0 Å². The number of amides is 2. The van der Waals surface area contributed by atoms with E-state index in [0.29, 0.717) is 18.1 Å². The summed E-state index contributed by atoms with van der Waals surface area (Å²) >= 11 is 0. The van der Waals surface area contributed by atoms with E-state index in [1.165, 1.54) is 12.8 Å². The van der Waals surface area contributed by atoms with Gasteiger partial charge in [-0.3, -0.25) is 9.59 Å². The van der Waals surface area contributed by atoms with E-state index in [2.05, 4.69) is 15.6 Å². The highest BCUT2D eigenvalue weighted by Gasteiger charge is 2.28. The van der Waals surface area contributed by atoms with Crippen LogP contribution in [0.5, 0.6) is 0 Å². The van der Waals surface area contributed by atoms with Crippen molar-refractivity contribution in [2.45, 2.75) is 70.9 Å². The van der Waals surface area contributed by atoms with Gasteiger partial charge in [0.2, 0.25) is 0 Å². The third-order valence-electron chi connectivity index (χ3n) is 4.76. The maximum Gasteiger partial charge on any atom is 0.287 e. The third kappa shape index (κ3) is 3.41. The van der Waals surface area contributed by atoms with E-state index in [9.17, 15) is 9.59 Å². The molecule has 0 unspecified atom stereocenters. The molecule has 2 N–H and O–H groups in total. The number of hydrogen-bond acceptors (Lipinski definition) is 3. The van der Waals surface area contributed by atoms with Gasteiger partial charge in [0.15, 0.2) is 5.82 Å². The first-order valence-corrected chi connectivity index (χ1v) is 8.89. The normalized spacial score (nSPS) is 17.8. The molecule has 6 nitrogen and oxygen atoms in total. The van der Waals surface area contributed by atoms with Gasteiger partial charge in [0.05, 0.1) is 5.69 Å². The highest BCUT2D eigenvalue weighted by atomic mass is 16.2. The monoisotopic (exact) mass is 318 g/mol. The summed E-state index contributed by atoms with van der Waals surface area (Å²) in [5.41, 5.74) is 1.38. The number of nitrogens with one attached hydrogen (secondary N) is 2. The maximum atomic E-state index is 12.6. The number of carbonyl (C=O) groups excluding carboxylic acids is 2. The van der Waals surface area contributed by atoms with Crippen LogP contribution in [0.15, 0.2) is 0 Å². The summed E-state index contributed by atoms with van der Waals surface area (Å²) in [5.74, 6) is 0.108. The van der Waals surface area contributed by atoms with Crippen molar-refractivity contribution in [3.8, 4) is 0 Å². The second kappa shape index (κ2) is 7.15. The summed E-state index contributed by atoms with van der Waals surface area (Å²) in [4.78, 5) is 29.4. The van der Waals surface area contributed by atoms with Gasteiger partial charge >= 0.3 is 0 Å². The summed E-state index contributed by atoms with van der Waals surface area (Å²) in [7, 11) is 0. The number of fused-ring (bicyclic) bond motifs is 1. The van der Waals surface area contributed by atoms with Crippen molar-refractivity contribution in [1.29, 1.82) is 0 Å². The van der Waals surface area contributed by atoms with Crippen molar-refractivity contribution in [2.24, 2.45) is 0 Å². The molecule has 6 heteroatoms. The Balaban J connectivity index is 1.83. The number of aromatic nitrogens is 2. The molecule has 0 bridgehead atoms. The summed E-state index contributed by atoms with van der Waals surface area (Å²) in [6.45, 7) is 3.42. The average molecular weight is 318 g/mol. The van der Waals surface area contributed by atoms with Crippen molar-refractivity contribution in [3.05, 3.63) is 17.2 Å². The van der Waals surface area contributed by atoms with Gasteiger partial charge in [0, 0.05) is 19.1 Å². The molecule has 0 radical (unpaired) electrons. The Bertz CT molecular complexity index is 588. The first-order chi connectivity index (χ1) is 11.2. The van der Waals surface area contributed by atoms with Crippen LogP contribution in [0.3, 0.4) is 0 Å². The topological polar surface area (TPSA) is 76.0 Å². The standard InChI is InChI=1S/C17H26N4O2/c1-2-10-18-17(23)15-20-14(13-9-5-6-11-21(13)15)16(22)19-12-7-3-4-8-12/h12H,2-11H2,1H3,(H,18,23)(H,19,22). The van der Waals surface area contributed by atoms with Gasteiger partial charge in [0.1, 0.15) is 5.69 Å². The number of rotatable bonds is 5. The largest absolute Gasteiger partial charge is 0.349 e. The van der Waals surface area contributed by atoms with E-state index in [-0.39, 0.29) is 17.9 Å². The zero-order valence-corrected chi connectivity index (χ0v) is 13.9. The van der Waals surface area contributed by atoms with E-state index in [4.69, 9.17) is 0 Å². The Morgan fingerprint density at radius 1 is 1.17 bits per heavy atom. The Morgan fingerprint density at radius 3 is 2.70 bits per heavy atom. The second-order valence-corrected chi connectivity index (χ2v) is 6.55. The minimum Gasteiger partial charge on any atom is -0.349 e. The first kappa shape index (κ1) is 16.0. The number of imidazole rings is 1. The van der Waals surface area contributed by atoms with Crippen LogP contribution in [0.4, 0.5) is 0 Å². The zero-order valence-electron chi connectivity index (χ0n) is 13.9. The molecule has 1 saturated carbocycles. The lowest BCUT2D eigenvalue weighted by Crippen LogP contribution is -2.33. The van der Waals surface area contributed by atoms with Crippen LogP contribution in [0.25, 0.3) is 0 Å². The van der Waals surface area contributed by atoms with Crippen molar-refractivity contribution in [2.75, 3.05) is 6.54 Å². The quantitative estimate of drug-likeness (QED) is 0.872. The smallest absolute Gasteiger partial charge is 0.287 e. The van der Waals surface area contributed by atoms with Crippen LogP contribution in [0, 0.1) is 0 Å². The molecule has 0 aromatic carbocycles. The molecular formula is C17H26N4O2. The molecule has 2 amide bonds. The van der Waals surface area contributed by atoms with Crippen LogP contribution in [-0.2, 0) is 13.0 Å². The predicted molar refractivity (Wildman–Crippen MR) is 87.5 cm³/mol. The molecule has 1 aliphatic heterocycles. The summed E-state index contributed by atoms with van der Waals surface area (Å²) in [5, 5.41) is 5.96. The zero-order chi connectivity index (χ0) is 16.2. The molecule has 126 valence electrons. The molecule has 2 aliphatic rings. The second-order valence-electron chi connectivity index (χ2n) is 6.55. The molecule has 1 aromatic heterocycles. The van der Waals surface area contributed by atoms with Crippen molar-refractivity contribution >= 4 is 11.8 Å². The molecule has 0 atom stereocenters. The fourth-order valence-electron chi connectivity index (χ4n) is 3.54. The molecule has 1 aromatic rings. The number of carbonyl (C=O) groups is 2. The molecule has 23 heavy (non-hydrogen) atoms. The van der Waals surface area contributed by atoms with Crippen molar-refractivity contribution in [1.82, 2.24) is 20.2 Å². The minimum atomic E-state index is -0.171. The maximum absolute atomic E-state index is 12.6. The van der Waals surface area contributed by atoms with Gasteiger partial charge < -0.3 is 15.2 Å². The van der Waals surface area contributed by atoms with E-state index >= 15 is 0 Å². The van der Waals surface area contributed by atoms with Crippen LogP contribution in [0.1, 0.15) is 78.7 Å². The van der Waals surface area contributed by atoms with Gasteiger partial charge in [-0.15, -0.1) is 0 Å². The third-order valence-corrected chi connectivity index (χ3v) is 4.76. The van der Waals surface area contributed by atoms with Crippen molar-refractivity contribution in [3.63, 3.8) is 0 Å². The van der Waals surface area contributed by atoms with Gasteiger partial charge in [-0.25, -0.2) is 4.98 Å². The predicted octanol–water partition coefficient (Wildman–Crippen LogP) is 2.03. The SMILES string of the molecule is CCCNC(=O)c1nc(C(=O)NC2CCCC2)c2n1CCCC2. The highest BCUT2D eigenvalue weighted by molar-refractivity contribution is 5.97. The summed E-state index contributed by atoms with van der Waals surface area (Å²) < 4.78 is 1.94. The fourth-order valence-corrected chi connectivity index (χ4v) is 3.54. The minimum absolute atomic E-state index is 0.114.